The molecule has 0 aliphatic rings. The van der Waals surface area contributed by atoms with Crippen LogP contribution >= 0.6 is 0 Å². The SMILES string of the molecule is O=C(O)c1cc(F)cc2cc3ccccc3cc12. The maximum atomic E-state index is 13.4. The summed E-state index contributed by atoms with van der Waals surface area (Å²) in [5.74, 6) is -1.65. The van der Waals surface area contributed by atoms with Gasteiger partial charge in [0.2, 0.25) is 0 Å². The van der Waals surface area contributed by atoms with Gasteiger partial charge in [-0.05, 0) is 45.8 Å². The molecule has 3 aromatic carbocycles. The van der Waals surface area contributed by atoms with E-state index in [4.69, 9.17) is 5.11 Å². The second kappa shape index (κ2) is 3.81. The summed E-state index contributed by atoms with van der Waals surface area (Å²) in [5, 5.41) is 12.2. The number of fused-ring (bicyclic) bond motifs is 2. The van der Waals surface area contributed by atoms with Crippen molar-refractivity contribution in [3.05, 3.63) is 59.9 Å². The Morgan fingerprint density at radius 1 is 0.944 bits per heavy atom. The molecule has 0 aliphatic heterocycles. The zero-order valence-corrected chi connectivity index (χ0v) is 9.35. The minimum absolute atomic E-state index is 0.00393. The zero-order valence-electron chi connectivity index (χ0n) is 9.35. The number of aromatic carboxylic acids is 1. The summed E-state index contributed by atoms with van der Waals surface area (Å²) in [7, 11) is 0. The molecule has 0 amide bonds. The summed E-state index contributed by atoms with van der Waals surface area (Å²) < 4.78 is 13.4. The summed E-state index contributed by atoms with van der Waals surface area (Å²) in [4.78, 5) is 11.1. The Labute approximate surface area is 102 Å². The van der Waals surface area contributed by atoms with Crippen LogP contribution in [0.3, 0.4) is 0 Å². The molecule has 18 heavy (non-hydrogen) atoms. The highest BCUT2D eigenvalue weighted by atomic mass is 19.1. The van der Waals surface area contributed by atoms with Gasteiger partial charge in [-0.3, -0.25) is 0 Å². The zero-order chi connectivity index (χ0) is 12.7. The van der Waals surface area contributed by atoms with Gasteiger partial charge in [0.25, 0.3) is 0 Å². The monoisotopic (exact) mass is 240 g/mol. The molecule has 3 heteroatoms. The molecule has 0 aromatic heterocycles. The summed E-state index contributed by atoms with van der Waals surface area (Å²) in [6.45, 7) is 0. The lowest BCUT2D eigenvalue weighted by atomic mass is 9.99. The van der Waals surface area contributed by atoms with E-state index in [9.17, 15) is 9.18 Å². The average Bonchev–Trinajstić information content (AvgIpc) is 2.35. The van der Waals surface area contributed by atoms with Crippen LogP contribution in [0.5, 0.6) is 0 Å². The van der Waals surface area contributed by atoms with E-state index < -0.39 is 11.8 Å². The first-order valence-electron chi connectivity index (χ1n) is 5.50. The number of carboxylic acid groups (broad SMARTS) is 1. The van der Waals surface area contributed by atoms with Crippen molar-refractivity contribution in [2.75, 3.05) is 0 Å². The van der Waals surface area contributed by atoms with Gasteiger partial charge in [-0.15, -0.1) is 0 Å². The molecule has 0 atom stereocenters. The maximum Gasteiger partial charge on any atom is 0.336 e. The predicted molar refractivity (Wildman–Crippen MR) is 68.4 cm³/mol. The van der Waals surface area contributed by atoms with Gasteiger partial charge in [0.1, 0.15) is 5.82 Å². The first kappa shape index (κ1) is 10.7. The second-order valence-electron chi connectivity index (χ2n) is 4.18. The van der Waals surface area contributed by atoms with Gasteiger partial charge in [-0.25, -0.2) is 9.18 Å². The van der Waals surface area contributed by atoms with E-state index in [-0.39, 0.29) is 5.56 Å². The third kappa shape index (κ3) is 1.61. The van der Waals surface area contributed by atoms with Crippen LogP contribution in [0.15, 0.2) is 48.5 Å². The predicted octanol–water partition coefficient (Wildman–Crippen LogP) is 3.83. The van der Waals surface area contributed by atoms with E-state index in [2.05, 4.69) is 0 Å². The van der Waals surface area contributed by atoms with Gasteiger partial charge >= 0.3 is 5.97 Å². The van der Waals surface area contributed by atoms with Crippen molar-refractivity contribution < 1.29 is 14.3 Å². The molecule has 0 spiro atoms. The fourth-order valence-corrected chi connectivity index (χ4v) is 2.19. The Bertz CT molecular complexity index is 778. The van der Waals surface area contributed by atoms with Crippen LogP contribution < -0.4 is 0 Å². The number of benzene rings is 3. The van der Waals surface area contributed by atoms with Crippen LogP contribution in [-0.2, 0) is 0 Å². The summed E-state index contributed by atoms with van der Waals surface area (Å²) >= 11 is 0. The highest BCUT2D eigenvalue weighted by molar-refractivity contribution is 6.08. The lowest BCUT2D eigenvalue weighted by Crippen LogP contribution is -1.98. The van der Waals surface area contributed by atoms with Crippen LogP contribution in [-0.4, -0.2) is 11.1 Å². The summed E-state index contributed by atoms with van der Waals surface area (Å²) in [6, 6.07) is 13.6. The molecular weight excluding hydrogens is 231 g/mol. The van der Waals surface area contributed by atoms with Crippen LogP contribution in [0.2, 0.25) is 0 Å². The fourth-order valence-electron chi connectivity index (χ4n) is 2.19. The first-order chi connectivity index (χ1) is 8.65. The van der Waals surface area contributed by atoms with Gasteiger partial charge in [0, 0.05) is 0 Å². The molecule has 1 N–H and O–H groups in total. The Hall–Kier alpha value is -2.42. The van der Waals surface area contributed by atoms with Crippen LogP contribution in [0, 0.1) is 5.82 Å². The quantitative estimate of drug-likeness (QED) is 0.656. The standard InChI is InChI=1S/C15H9FO2/c16-12-6-11-5-9-3-1-2-4-10(9)7-13(11)14(8-12)15(17)18/h1-8H,(H,17,18). The number of carboxylic acids is 1. The van der Waals surface area contributed by atoms with Crippen molar-refractivity contribution in [1.29, 1.82) is 0 Å². The van der Waals surface area contributed by atoms with E-state index in [1.807, 2.05) is 24.3 Å². The molecule has 3 rings (SSSR count). The Kier molecular flexibility index (Phi) is 2.27. The minimum Gasteiger partial charge on any atom is -0.478 e. The van der Waals surface area contributed by atoms with Gasteiger partial charge < -0.3 is 5.11 Å². The Balaban J connectivity index is 2.49. The average molecular weight is 240 g/mol. The molecule has 0 aliphatic carbocycles. The van der Waals surface area contributed by atoms with Gasteiger partial charge in [0.05, 0.1) is 5.56 Å². The summed E-state index contributed by atoms with van der Waals surface area (Å²) in [6.07, 6.45) is 0. The number of rotatable bonds is 1. The van der Waals surface area contributed by atoms with Crippen LogP contribution in [0.1, 0.15) is 10.4 Å². The molecule has 0 saturated carbocycles. The lowest BCUT2D eigenvalue weighted by Gasteiger charge is -2.06. The molecular formula is C15H9FO2. The van der Waals surface area contributed by atoms with Crippen molar-refractivity contribution in [2.45, 2.75) is 0 Å². The van der Waals surface area contributed by atoms with Crippen molar-refractivity contribution in [2.24, 2.45) is 0 Å². The molecule has 0 bridgehead atoms. The minimum atomic E-state index is -1.12. The number of carbonyl (C=O) groups is 1. The van der Waals surface area contributed by atoms with Crippen LogP contribution in [0.25, 0.3) is 21.5 Å². The third-order valence-corrected chi connectivity index (χ3v) is 3.01. The second-order valence-corrected chi connectivity index (χ2v) is 4.18. The third-order valence-electron chi connectivity index (χ3n) is 3.01. The molecule has 0 saturated heterocycles. The van der Waals surface area contributed by atoms with Crippen molar-refractivity contribution in [1.82, 2.24) is 0 Å². The van der Waals surface area contributed by atoms with E-state index in [1.165, 1.54) is 6.07 Å². The molecule has 0 heterocycles. The van der Waals surface area contributed by atoms with E-state index in [0.29, 0.717) is 10.8 Å². The molecule has 0 unspecified atom stereocenters. The molecule has 2 nitrogen and oxygen atoms in total. The molecule has 88 valence electrons. The largest absolute Gasteiger partial charge is 0.478 e. The van der Waals surface area contributed by atoms with Crippen LogP contribution in [0.4, 0.5) is 4.39 Å². The molecule has 0 fully saturated rings. The Morgan fingerprint density at radius 2 is 1.61 bits per heavy atom. The van der Waals surface area contributed by atoms with Gasteiger partial charge in [0.15, 0.2) is 0 Å². The highest BCUT2D eigenvalue weighted by Crippen LogP contribution is 2.26. The number of halogens is 1. The van der Waals surface area contributed by atoms with Gasteiger partial charge in [-0.2, -0.15) is 0 Å². The number of hydrogen-bond acceptors (Lipinski definition) is 1. The summed E-state index contributed by atoms with van der Waals surface area (Å²) in [5.41, 5.74) is -0.00393. The molecule has 0 radical (unpaired) electrons. The fraction of sp³-hybridized carbons (Fsp3) is 0. The topological polar surface area (TPSA) is 37.3 Å². The van der Waals surface area contributed by atoms with Crippen molar-refractivity contribution >= 4 is 27.5 Å². The van der Waals surface area contributed by atoms with E-state index in [1.54, 1.807) is 12.1 Å². The van der Waals surface area contributed by atoms with Crippen molar-refractivity contribution in [3.63, 3.8) is 0 Å². The smallest absolute Gasteiger partial charge is 0.336 e. The van der Waals surface area contributed by atoms with Gasteiger partial charge in [-0.1, -0.05) is 24.3 Å². The normalized spacial score (nSPS) is 10.9. The van der Waals surface area contributed by atoms with E-state index in [0.717, 1.165) is 16.8 Å². The number of hydrogen-bond donors (Lipinski definition) is 1. The van der Waals surface area contributed by atoms with Crippen molar-refractivity contribution in [3.8, 4) is 0 Å². The highest BCUT2D eigenvalue weighted by Gasteiger charge is 2.11. The first-order valence-corrected chi connectivity index (χ1v) is 5.50. The lowest BCUT2D eigenvalue weighted by molar-refractivity contribution is 0.0698. The Morgan fingerprint density at radius 3 is 2.28 bits per heavy atom. The van der Waals surface area contributed by atoms with E-state index >= 15 is 0 Å². The maximum absolute atomic E-state index is 13.4. The molecule has 3 aromatic rings.